The minimum Gasteiger partial charge on any atom is -0.462 e. The summed E-state index contributed by atoms with van der Waals surface area (Å²) in [5.74, 6) is 0.813. The fourth-order valence-corrected chi connectivity index (χ4v) is 12.1. The predicted octanol–water partition coefficient (Wildman–Crippen LogP) is 19.7. The zero-order valence-corrected chi connectivity index (χ0v) is 59.8. The number of aliphatic hydroxyl groups is 1. The largest absolute Gasteiger partial charge is 0.472 e. The number of rotatable bonds is 67. The first kappa shape index (κ1) is 87.1. The average molecular weight is 1310 g/mol. The van der Waals surface area contributed by atoms with Crippen molar-refractivity contribution in [2.24, 2.45) is 23.7 Å². The zero-order valence-electron chi connectivity index (χ0n) is 58.1. The first-order valence-electron chi connectivity index (χ1n) is 36.2. The van der Waals surface area contributed by atoms with E-state index in [1.54, 1.807) is 0 Å². The van der Waals surface area contributed by atoms with Crippen LogP contribution >= 0.6 is 15.6 Å². The molecule has 5 atom stereocenters. The molecule has 17 nitrogen and oxygen atoms in total. The number of carbonyl (C=O) groups excluding carboxylic acids is 4. The molecule has 0 aliphatic carbocycles. The smallest absolute Gasteiger partial charge is 0.462 e. The Balaban J connectivity index is 5.23. The summed E-state index contributed by atoms with van der Waals surface area (Å²) in [5.41, 5.74) is 0. The van der Waals surface area contributed by atoms with Crippen LogP contribution in [0.15, 0.2) is 0 Å². The average Bonchev–Trinajstić information content (AvgIpc) is 3.59. The standard InChI is InChI=1S/C70H136O17P2/c1-60(2)46-38-30-22-16-12-9-10-14-19-26-36-44-52-69(74)86-66(57-81-68(73)51-43-35-29-28-33-41-49-63(7)8)59-85-89(78,79)83-55-64(71)54-82-88(76,77)84-58-65(87-70(75)53-45-37-27-21-20-24-32-40-48-62(5)6)56-80-67(72)50-42-34-25-18-15-11-13-17-23-31-39-47-61(3)4/h60-66,71H,9-59H2,1-8H3,(H,76,77)(H,78,79)/t64-,65-,66-/m1/s1. The van der Waals surface area contributed by atoms with Crippen molar-refractivity contribution in [3.8, 4) is 0 Å². The van der Waals surface area contributed by atoms with E-state index in [9.17, 15) is 43.2 Å². The molecule has 0 saturated carbocycles. The Bertz CT molecular complexity index is 1760. The molecule has 0 bridgehead atoms. The Morgan fingerprint density at radius 2 is 0.472 bits per heavy atom. The van der Waals surface area contributed by atoms with Crippen molar-refractivity contribution in [1.82, 2.24) is 0 Å². The van der Waals surface area contributed by atoms with Crippen LogP contribution in [0.5, 0.6) is 0 Å². The normalized spacial score (nSPS) is 14.3. The minimum absolute atomic E-state index is 0.104. The van der Waals surface area contributed by atoms with Gasteiger partial charge in [-0.15, -0.1) is 0 Å². The molecule has 0 heterocycles. The van der Waals surface area contributed by atoms with Gasteiger partial charge in [0.05, 0.1) is 26.4 Å². The Hall–Kier alpha value is -1.94. The monoisotopic (exact) mass is 1310 g/mol. The second kappa shape index (κ2) is 59.8. The molecule has 0 aromatic carbocycles. The van der Waals surface area contributed by atoms with E-state index in [1.165, 1.54) is 141 Å². The molecule has 0 aliphatic rings. The van der Waals surface area contributed by atoms with E-state index in [-0.39, 0.29) is 25.7 Å². The number of unbranched alkanes of at least 4 members (excludes halogenated alkanes) is 33. The predicted molar refractivity (Wildman–Crippen MR) is 358 cm³/mol. The highest BCUT2D eigenvalue weighted by Crippen LogP contribution is 2.45. The van der Waals surface area contributed by atoms with Gasteiger partial charge in [-0.05, 0) is 49.4 Å². The summed E-state index contributed by atoms with van der Waals surface area (Å²) in [6.45, 7) is 14.0. The highest BCUT2D eigenvalue weighted by molar-refractivity contribution is 7.47. The van der Waals surface area contributed by atoms with Crippen molar-refractivity contribution >= 4 is 39.5 Å². The van der Waals surface area contributed by atoms with Crippen LogP contribution in [-0.4, -0.2) is 96.7 Å². The van der Waals surface area contributed by atoms with Gasteiger partial charge < -0.3 is 33.8 Å². The molecule has 0 saturated heterocycles. The molecule has 0 spiro atoms. The van der Waals surface area contributed by atoms with Gasteiger partial charge >= 0.3 is 39.5 Å². The maximum absolute atomic E-state index is 13.0. The quantitative estimate of drug-likeness (QED) is 0.0222. The Morgan fingerprint density at radius 1 is 0.281 bits per heavy atom. The van der Waals surface area contributed by atoms with Crippen LogP contribution in [0, 0.1) is 23.7 Å². The van der Waals surface area contributed by atoms with E-state index < -0.39 is 97.5 Å². The van der Waals surface area contributed by atoms with E-state index in [1.807, 2.05) is 0 Å². The second-order valence-electron chi connectivity index (χ2n) is 27.2. The number of hydrogen-bond donors (Lipinski definition) is 3. The van der Waals surface area contributed by atoms with Crippen LogP contribution in [0.2, 0.25) is 0 Å². The van der Waals surface area contributed by atoms with E-state index in [0.717, 1.165) is 114 Å². The van der Waals surface area contributed by atoms with E-state index in [2.05, 4.69) is 55.4 Å². The van der Waals surface area contributed by atoms with E-state index in [0.29, 0.717) is 31.6 Å². The molecule has 0 aromatic heterocycles. The summed E-state index contributed by atoms with van der Waals surface area (Å²) < 4.78 is 68.2. The molecule has 3 N–H and O–H groups in total. The van der Waals surface area contributed by atoms with Crippen molar-refractivity contribution in [3.05, 3.63) is 0 Å². The van der Waals surface area contributed by atoms with Gasteiger partial charge in [0.15, 0.2) is 12.2 Å². The van der Waals surface area contributed by atoms with Gasteiger partial charge in [-0.2, -0.15) is 0 Å². The lowest BCUT2D eigenvalue weighted by Gasteiger charge is -2.21. The maximum atomic E-state index is 13.0. The molecular weight excluding hydrogens is 1170 g/mol. The fraction of sp³-hybridized carbons (Fsp3) is 0.943. The van der Waals surface area contributed by atoms with Gasteiger partial charge in [0.1, 0.15) is 19.3 Å². The van der Waals surface area contributed by atoms with Crippen LogP contribution in [0.25, 0.3) is 0 Å². The van der Waals surface area contributed by atoms with Crippen LogP contribution in [0.4, 0.5) is 0 Å². The van der Waals surface area contributed by atoms with Crippen molar-refractivity contribution < 1.29 is 80.2 Å². The SMILES string of the molecule is CC(C)CCCCCCCCCCCCCCC(=O)O[C@H](COC(=O)CCCCCCCCC(C)C)COP(=O)(O)OC[C@H](O)COP(=O)(O)OC[C@@H](COC(=O)CCCCCCCCCCCCCC(C)C)OC(=O)CCCCCCCCCCC(C)C. The number of carbonyl (C=O) groups is 4. The number of esters is 4. The van der Waals surface area contributed by atoms with E-state index in [4.69, 9.17) is 37.0 Å². The minimum atomic E-state index is -4.95. The van der Waals surface area contributed by atoms with Crippen LogP contribution in [0.1, 0.15) is 344 Å². The molecule has 0 amide bonds. The summed E-state index contributed by atoms with van der Waals surface area (Å²) in [5, 5.41) is 10.6. The summed E-state index contributed by atoms with van der Waals surface area (Å²) in [4.78, 5) is 72.5. The van der Waals surface area contributed by atoms with Crippen molar-refractivity contribution in [2.45, 2.75) is 363 Å². The number of phosphoric acid groups is 2. The van der Waals surface area contributed by atoms with Crippen molar-refractivity contribution in [1.29, 1.82) is 0 Å². The molecule has 0 rings (SSSR count). The van der Waals surface area contributed by atoms with Gasteiger partial charge in [0, 0.05) is 25.7 Å². The molecular formula is C70H136O17P2. The highest BCUT2D eigenvalue weighted by Gasteiger charge is 2.30. The Labute approximate surface area is 543 Å². The lowest BCUT2D eigenvalue weighted by atomic mass is 10.0. The van der Waals surface area contributed by atoms with Gasteiger partial charge in [-0.3, -0.25) is 37.3 Å². The molecule has 528 valence electrons. The van der Waals surface area contributed by atoms with Gasteiger partial charge in [-0.25, -0.2) is 9.13 Å². The number of phosphoric ester groups is 2. The third-order valence-corrected chi connectivity index (χ3v) is 18.0. The van der Waals surface area contributed by atoms with E-state index >= 15 is 0 Å². The summed E-state index contributed by atoms with van der Waals surface area (Å²) >= 11 is 0. The molecule has 0 aliphatic heterocycles. The number of aliphatic hydroxyl groups excluding tert-OH is 1. The van der Waals surface area contributed by atoms with Gasteiger partial charge in [0.25, 0.3) is 0 Å². The first-order valence-corrected chi connectivity index (χ1v) is 39.2. The lowest BCUT2D eigenvalue weighted by Crippen LogP contribution is -2.30. The summed E-state index contributed by atoms with van der Waals surface area (Å²) in [6.07, 6.45) is 41.8. The number of ether oxygens (including phenoxy) is 4. The maximum Gasteiger partial charge on any atom is 0.472 e. The van der Waals surface area contributed by atoms with Crippen LogP contribution < -0.4 is 0 Å². The first-order chi connectivity index (χ1) is 42.6. The Kier molecular flexibility index (Phi) is 58.5. The number of hydrogen-bond acceptors (Lipinski definition) is 15. The molecule has 19 heteroatoms. The van der Waals surface area contributed by atoms with Gasteiger partial charge in [0.2, 0.25) is 0 Å². The zero-order chi connectivity index (χ0) is 66.1. The van der Waals surface area contributed by atoms with Crippen molar-refractivity contribution in [2.75, 3.05) is 39.6 Å². The topological polar surface area (TPSA) is 237 Å². The lowest BCUT2D eigenvalue weighted by molar-refractivity contribution is -0.161. The van der Waals surface area contributed by atoms with Crippen LogP contribution in [-0.2, 0) is 65.4 Å². The van der Waals surface area contributed by atoms with Gasteiger partial charge in [-0.1, -0.05) is 293 Å². The summed E-state index contributed by atoms with van der Waals surface area (Å²) in [6, 6.07) is 0. The molecule has 2 unspecified atom stereocenters. The second-order valence-corrected chi connectivity index (χ2v) is 30.1. The Morgan fingerprint density at radius 3 is 0.697 bits per heavy atom. The van der Waals surface area contributed by atoms with Crippen LogP contribution in [0.3, 0.4) is 0 Å². The molecule has 0 radical (unpaired) electrons. The molecule has 0 fully saturated rings. The fourth-order valence-electron chi connectivity index (χ4n) is 10.5. The molecule has 89 heavy (non-hydrogen) atoms. The summed E-state index contributed by atoms with van der Waals surface area (Å²) in [7, 11) is -9.90. The third kappa shape index (κ3) is 64.6. The molecule has 0 aromatic rings. The van der Waals surface area contributed by atoms with Crippen molar-refractivity contribution in [3.63, 3.8) is 0 Å². The third-order valence-electron chi connectivity index (χ3n) is 16.1. The highest BCUT2D eigenvalue weighted by atomic mass is 31.2.